The molecule has 0 bridgehead atoms. The number of carbonyl (C=O) groups is 1. The van der Waals surface area contributed by atoms with Crippen molar-refractivity contribution in [3.63, 3.8) is 0 Å². The molecule has 4 aromatic rings. The third-order valence-electron chi connectivity index (χ3n) is 4.59. The van der Waals surface area contributed by atoms with Crippen LogP contribution >= 0.6 is 11.3 Å². The fourth-order valence-corrected chi connectivity index (χ4v) is 4.26. The molecule has 27 heavy (non-hydrogen) atoms. The Bertz CT molecular complexity index is 1090. The Balaban J connectivity index is 1.81. The van der Waals surface area contributed by atoms with Crippen molar-refractivity contribution < 1.29 is 14.3 Å². The van der Waals surface area contributed by atoms with Gasteiger partial charge in [-0.05, 0) is 46.8 Å². The molecule has 0 aliphatic carbocycles. The summed E-state index contributed by atoms with van der Waals surface area (Å²) in [5.74, 6) is 1.39. The molecule has 0 fully saturated rings. The van der Waals surface area contributed by atoms with Crippen molar-refractivity contribution in [3.8, 4) is 33.1 Å². The molecular formula is C23H18O3S. The minimum absolute atomic E-state index is 0.633. The van der Waals surface area contributed by atoms with Gasteiger partial charge in [-0.15, -0.1) is 11.3 Å². The van der Waals surface area contributed by atoms with Gasteiger partial charge in [0.25, 0.3) is 0 Å². The van der Waals surface area contributed by atoms with Gasteiger partial charge in [0.1, 0.15) is 11.5 Å². The van der Waals surface area contributed by atoms with Gasteiger partial charge in [-0.3, -0.25) is 4.79 Å². The number of hydrogen-bond acceptors (Lipinski definition) is 4. The van der Waals surface area contributed by atoms with Crippen LogP contribution in [-0.2, 0) is 0 Å². The number of thiophene rings is 1. The lowest BCUT2D eigenvalue weighted by atomic mass is 9.96. The van der Waals surface area contributed by atoms with Gasteiger partial charge in [0.2, 0.25) is 0 Å². The summed E-state index contributed by atoms with van der Waals surface area (Å²) in [6.07, 6.45) is 0.899. The van der Waals surface area contributed by atoms with Gasteiger partial charge >= 0.3 is 0 Å². The Labute approximate surface area is 161 Å². The van der Waals surface area contributed by atoms with Crippen LogP contribution in [0.5, 0.6) is 11.5 Å². The topological polar surface area (TPSA) is 35.5 Å². The Morgan fingerprint density at radius 2 is 1.67 bits per heavy atom. The summed E-state index contributed by atoms with van der Waals surface area (Å²) in [5, 5.41) is 1.21. The molecule has 1 heterocycles. The maximum absolute atomic E-state index is 11.8. The van der Waals surface area contributed by atoms with E-state index < -0.39 is 0 Å². The SMILES string of the molecule is COc1ccc(-c2ccc(-c3cc4ccccc4s3)cc2C=O)c(OC)c1. The summed E-state index contributed by atoms with van der Waals surface area (Å²) in [7, 11) is 3.23. The first-order valence-electron chi connectivity index (χ1n) is 8.54. The van der Waals surface area contributed by atoms with Crippen LogP contribution in [0.3, 0.4) is 0 Å². The minimum Gasteiger partial charge on any atom is -0.497 e. The van der Waals surface area contributed by atoms with E-state index in [9.17, 15) is 4.79 Å². The molecule has 1 aromatic heterocycles. The zero-order valence-electron chi connectivity index (χ0n) is 15.1. The van der Waals surface area contributed by atoms with E-state index in [1.165, 1.54) is 10.1 Å². The maximum atomic E-state index is 11.8. The van der Waals surface area contributed by atoms with Crippen LogP contribution in [0.25, 0.3) is 31.7 Å². The lowest BCUT2D eigenvalue weighted by molar-refractivity contribution is 0.112. The molecule has 0 spiro atoms. The van der Waals surface area contributed by atoms with Crippen molar-refractivity contribution in [2.45, 2.75) is 0 Å². The van der Waals surface area contributed by atoms with Crippen molar-refractivity contribution in [2.24, 2.45) is 0 Å². The molecule has 4 heteroatoms. The predicted molar refractivity (Wildman–Crippen MR) is 111 cm³/mol. The quantitative estimate of drug-likeness (QED) is 0.398. The number of aldehydes is 1. The molecule has 0 aliphatic heterocycles. The van der Waals surface area contributed by atoms with E-state index in [4.69, 9.17) is 9.47 Å². The van der Waals surface area contributed by atoms with Crippen LogP contribution < -0.4 is 9.47 Å². The summed E-state index contributed by atoms with van der Waals surface area (Å²) < 4.78 is 12.0. The van der Waals surface area contributed by atoms with Gasteiger partial charge in [-0.1, -0.05) is 30.3 Å². The highest BCUT2D eigenvalue weighted by atomic mass is 32.1. The van der Waals surface area contributed by atoms with Crippen molar-refractivity contribution in [2.75, 3.05) is 14.2 Å². The van der Waals surface area contributed by atoms with E-state index in [-0.39, 0.29) is 0 Å². The van der Waals surface area contributed by atoms with Gasteiger partial charge in [0, 0.05) is 26.8 Å². The Kier molecular flexibility index (Phi) is 4.65. The monoisotopic (exact) mass is 374 g/mol. The zero-order valence-corrected chi connectivity index (χ0v) is 15.9. The van der Waals surface area contributed by atoms with E-state index in [1.807, 2.05) is 42.5 Å². The van der Waals surface area contributed by atoms with E-state index in [0.29, 0.717) is 17.1 Å². The predicted octanol–water partition coefficient (Wildman–Crippen LogP) is 6.07. The molecule has 0 saturated heterocycles. The molecule has 0 unspecified atom stereocenters. The Morgan fingerprint density at radius 1 is 0.852 bits per heavy atom. The first-order valence-corrected chi connectivity index (χ1v) is 9.35. The number of carbonyl (C=O) groups excluding carboxylic acids is 1. The van der Waals surface area contributed by atoms with E-state index in [2.05, 4.69) is 24.3 Å². The van der Waals surface area contributed by atoms with Crippen molar-refractivity contribution in [1.82, 2.24) is 0 Å². The highest BCUT2D eigenvalue weighted by Gasteiger charge is 2.13. The second kappa shape index (κ2) is 7.25. The summed E-state index contributed by atoms with van der Waals surface area (Å²) >= 11 is 1.73. The highest BCUT2D eigenvalue weighted by Crippen LogP contribution is 2.38. The van der Waals surface area contributed by atoms with Crippen LogP contribution in [-0.4, -0.2) is 20.5 Å². The molecule has 0 N–H and O–H groups in total. The number of fused-ring (bicyclic) bond motifs is 1. The standard InChI is InChI=1S/C23H18O3S/c1-25-18-8-10-20(21(13-18)26-2)19-9-7-16(11-17(19)14-24)23-12-15-5-3-4-6-22(15)27-23/h3-14H,1-2H3. The van der Waals surface area contributed by atoms with Crippen LogP contribution in [0.4, 0.5) is 0 Å². The number of hydrogen-bond donors (Lipinski definition) is 0. The fraction of sp³-hybridized carbons (Fsp3) is 0.0870. The largest absolute Gasteiger partial charge is 0.497 e. The van der Waals surface area contributed by atoms with Gasteiger partial charge in [0.05, 0.1) is 14.2 Å². The Morgan fingerprint density at radius 3 is 2.41 bits per heavy atom. The molecule has 0 saturated carbocycles. The lowest BCUT2D eigenvalue weighted by Crippen LogP contribution is -1.94. The molecular weight excluding hydrogens is 356 g/mol. The summed E-state index contributed by atoms with van der Waals surface area (Å²) in [6, 6.07) is 22.0. The van der Waals surface area contributed by atoms with E-state index in [0.717, 1.165) is 27.9 Å². The van der Waals surface area contributed by atoms with Crippen LogP contribution in [0.1, 0.15) is 10.4 Å². The smallest absolute Gasteiger partial charge is 0.150 e. The molecule has 134 valence electrons. The van der Waals surface area contributed by atoms with Gasteiger partial charge in [0.15, 0.2) is 6.29 Å². The number of ether oxygens (including phenoxy) is 2. The molecule has 0 aliphatic rings. The van der Waals surface area contributed by atoms with Crippen LogP contribution in [0, 0.1) is 0 Å². The summed E-state index contributed by atoms with van der Waals surface area (Å²) in [5.41, 5.74) is 3.38. The third-order valence-corrected chi connectivity index (χ3v) is 5.75. The van der Waals surface area contributed by atoms with Crippen molar-refractivity contribution in [3.05, 3.63) is 72.3 Å². The summed E-state index contributed by atoms with van der Waals surface area (Å²) in [6.45, 7) is 0. The van der Waals surface area contributed by atoms with Crippen molar-refractivity contribution in [1.29, 1.82) is 0 Å². The minimum atomic E-state index is 0.633. The Hall–Kier alpha value is -3.11. The molecule has 0 amide bonds. The van der Waals surface area contributed by atoms with E-state index >= 15 is 0 Å². The summed E-state index contributed by atoms with van der Waals surface area (Å²) in [4.78, 5) is 13.0. The average Bonchev–Trinajstić information content (AvgIpc) is 3.17. The average molecular weight is 374 g/mol. The van der Waals surface area contributed by atoms with Crippen LogP contribution in [0.2, 0.25) is 0 Å². The first kappa shape index (κ1) is 17.3. The molecule has 3 nitrogen and oxygen atoms in total. The fourth-order valence-electron chi connectivity index (χ4n) is 3.20. The number of methoxy groups -OCH3 is 2. The van der Waals surface area contributed by atoms with E-state index in [1.54, 1.807) is 25.6 Å². The lowest BCUT2D eigenvalue weighted by Gasteiger charge is -2.13. The zero-order chi connectivity index (χ0) is 18.8. The highest BCUT2D eigenvalue weighted by molar-refractivity contribution is 7.22. The normalized spacial score (nSPS) is 10.7. The maximum Gasteiger partial charge on any atom is 0.150 e. The van der Waals surface area contributed by atoms with Gasteiger partial charge < -0.3 is 9.47 Å². The van der Waals surface area contributed by atoms with Gasteiger partial charge in [-0.25, -0.2) is 0 Å². The molecule has 0 radical (unpaired) electrons. The molecule has 4 rings (SSSR count). The molecule has 3 aromatic carbocycles. The number of rotatable bonds is 5. The third kappa shape index (κ3) is 3.20. The second-order valence-corrected chi connectivity index (χ2v) is 7.22. The second-order valence-electron chi connectivity index (χ2n) is 6.13. The van der Waals surface area contributed by atoms with Crippen LogP contribution in [0.15, 0.2) is 66.7 Å². The first-order chi connectivity index (χ1) is 13.2. The number of benzene rings is 3. The van der Waals surface area contributed by atoms with Gasteiger partial charge in [-0.2, -0.15) is 0 Å². The molecule has 0 atom stereocenters. The van der Waals surface area contributed by atoms with Crippen molar-refractivity contribution >= 4 is 27.7 Å².